The molecule has 0 saturated heterocycles. The predicted octanol–water partition coefficient (Wildman–Crippen LogP) is 2.80. The molecule has 0 radical (unpaired) electrons. The van der Waals surface area contributed by atoms with Gasteiger partial charge in [-0.05, 0) is 35.6 Å². The molecule has 20 heavy (non-hydrogen) atoms. The Morgan fingerprint density at radius 1 is 1.25 bits per heavy atom. The van der Waals surface area contributed by atoms with Gasteiger partial charge in [-0.2, -0.15) is 0 Å². The number of carbonyl (C=O) groups is 1. The molecule has 0 aliphatic heterocycles. The quantitative estimate of drug-likeness (QED) is 0.859. The summed E-state index contributed by atoms with van der Waals surface area (Å²) in [7, 11) is 1.65. The van der Waals surface area contributed by atoms with E-state index in [0.29, 0.717) is 13.1 Å². The van der Waals surface area contributed by atoms with E-state index in [0.717, 1.165) is 22.6 Å². The molecule has 0 saturated carbocycles. The van der Waals surface area contributed by atoms with Gasteiger partial charge in [0, 0.05) is 11.4 Å². The maximum Gasteiger partial charge on any atom is 0.315 e. The van der Waals surface area contributed by atoms with Crippen molar-refractivity contribution in [3.8, 4) is 5.75 Å². The van der Waals surface area contributed by atoms with Gasteiger partial charge >= 0.3 is 6.03 Å². The van der Waals surface area contributed by atoms with E-state index in [9.17, 15) is 4.79 Å². The third kappa shape index (κ3) is 4.59. The summed E-state index contributed by atoms with van der Waals surface area (Å²) in [5, 5.41) is 7.67. The van der Waals surface area contributed by atoms with Crippen LogP contribution >= 0.6 is 11.3 Å². The Balaban J connectivity index is 1.68. The van der Waals surface area contributed by atoms with E-state index < -0.39 is 0 Å². The second-order valence-electron chi connectivity index (χ2n) is 4.29. The summed E-state index contributed by atoms with van der Waals surface area (Å²) in [6.45, 7) is 1.17. The molecular formula is C15H18N2O2S. The number of hydrogen-bond acceptors (Lipinski definition) is 3. The minimum atomic E-state index is -0.138. The lowest BCUT2D eigenvalue weighted by atomic mass is 10.1. The van der Waals surface area contributed by atoms with Crippen molar-refractivity contribution in [3.63, 3.8) is 0 Å². The molecule has 2 amide bonds. The fraction of sp³-hybridized carbons (Fsp3) is 0.267. The monoisotopic (exact) mass is 290 g/mol. The summed E-state index contributed by atoms with van der Waals surface area (Å²) < 4.78 is 5.16. The number of ether oxygens (including phenoxy) is 1. The van der Waals surface area contributed by atoms with Crippen molar-refractivity contribution in [2.75, 3.05) is 13.7 Å². The van der Waals surface area contributed by atoms with Crippen LogP contribution in [0.3, 0.4) is 0 Å². The Morgan fingerprint density at radius 2 is 2.15 bits per heavy atom. The minimum absolute atomic E-state index is 0.138. The molecule has 1 aromatic carbocycles. The highest BCUT2D eigenvalue weighted by Gasteiger charge is 2.01. The second-order valence-corrected chi connectivity index (χ2v) is 5.32. The molecule has 0 fully saturated rings. The van der Waals surface area contributed by atoms with E-state index in [-0.39, 0.29) is 6.03 Å². The first-order valence-corrected chi connectivity index (χ1v) is 7.33. The van der Waals surface area contributed by atoms with Gasteiger partial charge in [0.2, 0.25) is 0 Å². The molecule has 2 aromatic rings. The molecule has 0 atom stereocenters. The van der Waals surface area contributed by atoms with Gasteiger partial charge in [0.1, 0.15) is 5.75 Å². The van der Waals surface area contributed by atoms with Crippen LogP contribution in [0.1, 0.15) is 10.4 Å². The second kappa shape index (κ2) is 7.55. The van der Waals surface area contributed by atoms with Gasteiger partial charge in [-0.25, -0.2) is 4.79 Å². The van der Waals surface area contributed by atoms with Crippen molar-refractivity contribution >= 4 is 17.4 Å². The van der Waals surface area contributed by atoms with Gasteiger partial charge in [-0.3, -0.25) is 0 Å². The average molecular weight is 290 g/mol. The highest BCUT2D eigenvalue weighted by molar-refractivity contribution is 7.09. The van der Waals surface area contributed by atoms with Crippen LogP contribution in [0.2, 0.25) is 0 Å². The van der Waals surface area contributed by atoms with Crippen LogP contribution in [0.15, 0.2) is 41.8 Å². The smallest absolute Gasteiger partial charge is 0.315 e. The van der Waals surface area contributed by atoms with Gasteiger partial charge in [0.05, 0.1) is 13.7 Å². The van der Waals surface area contributed by atoms with Gasteiger partial charge in [-0.15, -0.1) is 11.3 Å². The lowest BCUT2D eigenvalue weighted by molar-refractivity contribution is 0.240. The molecule has 0 bridgehead atoms. The third-order valence-corrected chi connectivity index (χ3v) is 3.71. The lowest BCUT2D eigenvalue weighted by Crippen LogP contribution is -2.36. The number of urea groups is 1. The Kier molecular flexibility index (Phi) is 5.43. The fourth-order valence-corrected chi connectivity index (χ4v) is 2.44. The van der Waals surface area contributed by atoms with Crippen molar-refractivity contribution in [2.24, 2.45) is 0 Å². The molecule has 0 aliphatic rings. The number of hydrogen-bond donors (Lipinski definition) is 2. The molecule has 1 aromatic heterocycles. The van der Waals surface area contributed by atoms with Gasteiger partial charge in [0.15, 0.2) is 0 Å². The molecular weight excluding hydrogens is 272 g/mol. The fourth-order valence-electron chi connectivity index (χ4n) is 1.79. The summed E-state index contributed by atoms with van der Waals surface area (Å²) in [4.78, 5) is 12.8. The highest BCUT2D eigenvalue weighted by atomic mass is 32.1. The predicted molar refractivity (Wildman–Crippen MR) is 81.3 cm³/mol. The van der Waals surface area contributed by atoms with Gasteiger partial charge in [0.25, 0.3) is 0 Å². The zero-order chi connectivity index (χ0) is 14.2. The van der Waals surface area contributed by atoms with E-state index in [4.69, 9.17) is 4.74 Å². The number of rotatable bonds is 6. The van der Waals surface area contributed by atoms with Crippen LogP contribution in [-0.2, 0) is 13.0 Å². The first kappa shape index (κ1) is 14.4. The Hall–Kier alpha value is -2.01. The largest absolute Gasteiger partial charge is 0.497 e. The maximum absolute atomic E-state index is 11.6. The normalized spacial score (nSPS) is 10.1. The molecule has 0 aliphatic carbocycles. The molecule has 1 heterocycles. The molecule has 4 nitrogen and oxygen atoms in total. The van der Waals surface area contributed by atoms with Crippen molar-refractivity contribution in [1.82, 2.24) is 10.6 Å². The van der Waals surface area contributed by atoms with Crippen LogP contribution in [0, 0.1) is 0 Å². The summed E-state index contributed by atoms with van der Waals surface area (Å²) in [5.74, 6) is 0.838. The molecule has 2 N–H and O–H groups in total. The number of nitrogens with one attached hydrogen (secondary N) is 2. The SMILES string of the molecule is COc1cccc(CCNC(=O)NCc2cccs2)c1. The summed E-state index contributed by atoms with van der Waals surface area (Å²) in [6, 6.07) is 11.7. The average Bonchev–Trinajstić information content (AvgIpc) is 2.99. The van der Waals surface area contributed by atoms with E-state index in [1.807, 2.05) is 41.8 Å². The van der Waals surface area contributed by atoms with Crippen LogP contribution in [-0.4, -0.2) is 19.7 Å². The van der Waals surface area contributed by atoms with Crippen molar-refractivity contribution in [3.05, 3.63) is 52.2 Å². The Labute approximate surface area is 122 Å². The standard InChI is InChI=1S/C15H18N2O2S/c1-19-13-5-2-4-12(10-13)7-8-16-15(18)17-11-14-6-3-9-20-14/h2-6,9-10H,7-8,11H2,1H3,(H2,16,17,18). The first-order valence-electron chi connectivity index (χ1n) is 6.45. The third-order valence-electron chi connectivity index (χ3n) is 2.84. The Bertz CT molecular complexity index is 541. The van der Waals surface area contributed by atoms with E-state index in [2.05, 4.69) is 10.6 Å². The van der Waals surface area contributed by atoms with Crippen LogP contribution in [0.5, 0.6) is 5.75 Å². The highest BCUT2D eigenvalue weighted by Crippen LogP contribution is 2.12. The number of benzene rings is 1. The number of carbonyl (C=O) groups excluding carboxylic acids is 1. The topological polar surface area (TPSA) is 50.4 Å². The van der Waals surface area contributed by atoms with E-state index in [1.54, 1.807) is 18.4 Å². The molecule has 106 valence electrons. The van der Waals surface area contributed by atoms with Crippen LogP contribution < -0.4 is 15.4 Å². The summed E-state index contributed by atoms with van der Waals surface area (Å²) in [6.07, 6.45) is 0.781. The first-order chi connectivity index (χ1) is 9.78. The van der Waals surface area contributed by atoms with Gasteiger partial charge < -0.3 is 15.4 Å². The zero-order valence-electron chi connectivity index (χ0n) is 11.4. The lowest BCUT2D eigenvalue weighted by Gasteiger charge is -2.07. The number of methoxy groups -OCH3 is 1. The van der Waals surface area contributed by atoms with E-state index >= 15 is 0 Å². The minimum Gasteiger partial charge on any atom is -0.497 e. The zero-order valence-corrected chi connectivity index (χ0v) is 12.2. The summed E-state index contributed by atoms with van der Waals surface area (Å²) >= 11 is 1.63. The Morgan fingerprint density at radius 3 is 2.90 bits per heavy atom. The number of thiophene rings is 1. The number of amides is 2. The maximum atomic E-state index is 11.6. The molecule has 2 rings (SSSR count). The summed E-state index contributed by atoms with van der Waals surface area (Å²) in [5.41, 5.74) is 1.14. The molecule has 5 heteroatoms. The van der Waals surface area contributed by atoms with Crippen molar-refractivity contribution < 1.29 is 9.53 Å². The van der Waals surface area contributed by atoms with Crippen molar-refractivity contribution in [2.45, 2.75) is 13.0 Å². The molecule has 0 spiro atoms. The van der Waals surface area contributed by atoms with Crippen molar-refractivity contribution in [1.29, 1.82) is 0 Å². The van der Waals surface area contributed by atoms with Gasteiger partial charge in [-0.1, -0.05) is 18.2 Å². The van der Waals surface area contributed by atoms with Crippen LogP contribution in [0.4, 0.5) is 4.79 Å². The molecule has 0 unspecified atom stereocenters. The van der Waals surface area contributed by atoms with E-state index in [1.165, 1.54) is 0 Å². The van der Waals surface area contributed by atoms with Crippen LogP contribution in [0.25, 0.3) is 0 Å².